The molecular formula is C29H36N6O2. The fraction of sp³-hybridized carbons (Fsp3) is 0.414. The first-order valence-corrected chi connectivity index (χ1v) is 13.2. The molecule has 2 aromatic carbocycles. The molecule has 194 valence electrons. The lowest BCUT2D eigenvalue weighted by Crippen LogP contribution is -2.31. The molecule has 2 unspecified atom stereocenters. The first kappa shape index (κ1) is 25.0. The molecular weight excluding hydrogens is 464 g/mol. The molecule has 5 rings (SSSR count). The number of benzene rings is 2. The van der Waals surface area contributed by atoms with Crippen LogP contribution in [-0.2, 0) is 6.54 Å². The third kappa shape index (κ3) is 5.39. The molecule has 1 aliphatic carbocycles. The van der Waals surface area contributed by atoms with Crippen molar-refractivity contribution in [1.29, 1.82) is 0 Å². The van der Waals surface area contributed by atoms with E-state index in [0.29, 0.717) is 24.4 Å². The second kappa shape index (κ2) is 11.2. The number of hydrogen-bond donors (Lipinski definition) is 3. The number of aliphatic hydroxyl groups is 1. The second-order valence-electron chi connectivity index (χ2n) is 9.81. The summed E-state index contributed by atoms with van der Waals surface area (Å²) in [5.74, 6) is 2.06. The van der Waals surface area contributed by atoms with E-state index in [1.807, 2.05) is 31.5 Å². The third-order valence-corrected chi connectivity index (χ3v) is 7.31. The number of nitrogens with one attached hydrogen (secondary N) is 2. The Morgan fingerprint density at radius 1 is 1.08 bits per heavy atom. The smallest absolute Gasteiger partial charge is 0.227 e. The Hall–Kier alpha value is -3.65. The van der Waals surface area contributed by atoms with Crippen molar-refractivity contribution in [2.45, 2.75) is 70.7 Å². The molecule has 1 aliphatic rings. The van der Waals surface area contributed by atoms with Gasteiger partial charge in [-0.25, -0.2) is 4.98 Å². The molecule has 8 heteroatoms. The zero-order valence-corrected chi connectivity index (χ0v) is 21.8. The fourth-order valence-corrected chi connectivity index (χ4v) is 5.15. The van der Waals surface area contributed by atoms with Gasteiger partial charge in [0.25, 0.3) is 0 Å². The number of nitrogens with zero attached hydrogens (tertiary/aromatic N) is 4. The van der Waals surface area contributed by atoms with E-state index in [1.54, 1.807) is 14.0 Å². The molecule has 8 nitrogen and oxygen atoms in total. The van der Waals surface area contributed by atoms with Gasteiger partial charge < -0.3 is 25.0 Å². The van der Waals surface area contributed by atoms with Crippen molar-refractivity contribution in [2.24, 2.45) is 0 Å². The first-order valence-electron chi connectivity index (χ1n) is 13.2. The zero-order chi connectivity index (χ0) is 25.8. The summed E-state index contributed by atoms with van der Waals surface area (Å²) < 4.78 is 7.72. The minimum Gasteiger partial charge on any atom is -0.496 e. The maximum atomic E-state index is 10.2. The van der Waals surface area contributed by atoms with Crippen molar-refractivity contribution in [2.75, 3.05) is 17.7 Å². The second-order valence-corrected chi connectivity index (χ2v) is 9.81. The number of aliphatic hydroxyl groups excluding tert-OH is 1. The van der Waals surface area contributed by atoms with Crippen LogP contribution in [0.5, 0.6) is 5.75 Å². The Morgan fingerprint density at radius 3 is 2.54 bits per heavy atom. The predicted octanol–water partition coefficient (Wildman–Crippen LogP) is 5.80. The van der Waals surface area contributed by atoms with Gasteiger partial charge in [0, 0.05) is 18.2 Å². The van der Waals surface area contributed by atoms with Crippen molar-refractivity contribution >= 4 is 22.9 Å². The van der Waals surface area contributed by atoms with Crippen LogP contribution in [0.25, 0.3) is 22.3 Å². The van der Waals surface area contributed by atoms with Crippen molar-refractivity contribution in [3.8, 4) is 16.9 Å². The number of ether oxygens (including phenoxy) is 1. The normalized spacial score (nSPS) is 15.6. The number of para-hydroxylation sites is 1. The van der Waals surface area contributed by atoms with Gasteiger partial charge in [-0.05, 0) is 43.4 Å². The minimum absolute atomic E-state index is 0.129. The van der Waals surface area contributed by atoms with Gasteiger partial charge in [0.1, 0.15) is 5.75 Å². The number of fused-ring (bicyclic) bond motifs is 1. The Kier molecular flexibility index (Phi) is 7.55. The molecule has 37 heavy (non-hydrogen) atoms. The average molecular weight is 501 g/mol. The van der Waals surface area contributed by atoms with Crippen LogP contribution in [0.4, 0.5) is 11.8 Å². The molecule has 1 fully saturated rings. The topological polar surface area (TPSA) is 97.1 Å². The lowest BCUT2D eigenvalue weighted by molar-refractivity contribution is 0.169. The Labute approximate surface area is 218 Å². The molecule has 0 amide bonds. The average Bonchev–Trinajstić information content (AvgIpc) is 3.60. The van der Waals surface area contributed by atoms with E-state index in [2.05, 4.69) is 45.5 Å². The molecule has 0 bridgehead atoms. The summed E-state index contributed by atoms with van der Waals surface area (Å²) in [6, 6.07) is 16.8. The summed E-state index contributed by atoms with van der Waals surface area (Å²) >= 11 is 0. The molecule has 1 saturated carbocycles. The van der Waals surface area contributed by atoms with Crippen LogP contribution in [0.3, 0.4) is 0 Å². The summed E-state index contributed by atoms with van der Waals surface area (Å²) in [7, 11) is 1.70. The van der Waals surface area contributed by atoms with Gasteiger partial charge in [-0.3, -0.25) is 0 Å². The highest BCUT2D eigenvalue weighted by Crippen LogP contribution is 2.33. The monoisotopic (exact) mass is 500 g/mol. The van der Waals surface area contributed by atoms with Crippen LogP contribution < -0.4 is 15.4 Å². The predicted molar refractivity (Wildman–Crippen MR) is 148 cm³/mol. The van der Waals surface area contributed by atoms with Crippen molar-refractivity contribution in [1.82, 2.24) is 19.5 Å². The van der Waals surface area contributed by atoms with Gasteiger partial charge in [0.15, 0.2) is 17.0 Å². The van der Waals surface area contributed by atoms with Gasteiger partial charge in [-0.15, -0.1) is 0 Å². The van der Waals surface area contributed by atoms with Crippen LogP contribution >= 0.6 is 0 Å². The molecule has 2 aromatic heterocycles. The van der Waals surface area contributed by atoms with Crippen molar-refractivity contribution in [3.63, 3.8) is 0 Å². The number of hydrogen-bond acceptors (Lipinski definition) is 7. The van der Waals surface area contributed by atoms with Gasteiger partial charge >= 0.3 is 0 Å². The van der Waals surface area contributed by atoms with Crippen molar-refractivity contribution in [3.05, 3.63) is 60.4 Å². The SMILES string of the molecule is CCC(Nc1nc(NCc2ccc(-c3ccccc3OC)cc2)c2ncn(C3CCCC3)c2n1)C(C)O. The Morgan fingerprint density at radius 2 is 1.84 bits per heavy atom. The number of rotatable bonds is 10. The minimum atomic E-state index is -0.512. The van der Waals surface area contributed by atoms with Gasteiger partial charge in [-0.2, -0.15) is 9.97 Å². The van der Waals surface area contributed by atoms with E-state index >= 15 is 0 Å². The molecule has 3 N–H and O–H groups in total. The molecule has 4 aromatic rings. The number of anilines is 2. The van der Waals surface area contributed by atoms with E-state index in [-0.39, 0.29) is 6.04 Å². The lowest BCUT2D eigenvalue weighted by atomic mass is 10.0. The summed E-state index contributed by atoms with van der Waals surface area (Å²) in [5.41, 5.74) is 4.91. The Bertz CT molecular complexity index is 1330. The van der Waals surface area contributed by atoms with E-state index < -0.39 is 6.10 Å². The third-order valence-electron chi connectivity index (χ3n) is 7.31. The van der Waals surface area contributed by atoms with Crippen LogP contribution in [0, 0.1) is 0 Å². The molecule has 2 atom stereocenters. The van der Waals surface area contributed by atoms with Crippen LogP contribution in [0.15, 0.2) is 54.9 Å². The maximum absolute atomic E-state index is 10.2. The number of aromatic nitrogens is 4. The molecule has 2 heterocycles. The highest BCUT2D eigenvalue weighted by molar-refractivity contribution is 5.84. The fourth-order valence-electron chi connectivity index (χ4n) is 5.15. The summed E-state index contributed by atoms with van der Waals surface area (Å²) in [6.07, 6.45) is 6.91. The van der Waals surface area contributed by atoms with Crippen LogP contribution in [-0.4, -0.2) is 43.9 Å². The molecule has 0 saturated heterocycles. The quantitative estimate of drug-likeness (QED) is 0.253. The molecule has 0 aliphatic heterocycles. The Balaban J connectivity index is 1.41. The largest absolute Gasteiger partial charge is 0.496 e. The summed E-state index contributed by atoms with van der Waals surface area (Å²) in [6.45, 7) is 4.43. The number of imidazole rings is 1. The van der Waals surface area contributed by atoms with Crippen molar-refractivity contribution < 1.29 is 9.84 Å². The number of methoxy groups -OCH3 is 1. The highest BCUT2D eigenvalue weighted by atomic mass is 16.5. The van der Waals surface area contributed by atoms with Crippen LogP contribution in [0.1, 0.15) is 57.6 Å². The molecule has 0 radical (unpaired) electrons. The van der Waals surface area contributed by atoms with E-state index in [1.165, 1.54) is 12.8 Å². The highest BCUT2D eigenvalue weighted by Gasteiger charge is 2.23. The van der Waals surface area contributed by atoms with Gasteiger partial charge in [-0.1, -0.05) is 62.2 Å². The van der Waals surface area contributed by atoms with Gasteiger partial charge in [0.2, 0.25) is 5.95 Å². The maximum Gasteiger partial charge on any atom is 0.227 e. The van der Waals surface area contributed by atoms with Gasteiger partial charge in [0.05, 0.1) is 25.6 Å². The molecule has 0 spiro atoms. The standard InChI is InChI=1S/C29H36N6O2/c1-4-24(19(2)36)32-29-33-27(26-28(34-29)35(18-31-26)22-9-5-6-10-22)30-17-20-13-15-21(16-14-20)23-11-7-8-12-25(23)37-3/h7-8,11-16,18-19,22,24,36H,4-6,9-10,17H2,1-3H3,(H2,30,32,33,34). The van der Waals surface area contributed by atoms with Crippen LogP contribution in [0.2, 0.25) is 0 Å². The zero-order valence-electron chi connectivity index (χ0n) is 21.8. The summed E-state index contributed by atoms with van der Waals surface area (Å²) in [4.78, 5) is 14.3. The lowest BCUT2D eigenvalue weighted by Gasteiger charge is -2.20. The van der Waals surface area contributed by atoms with E-state index in [9.17, 15) is 5.11 Å². The first-order chi connectivity index (χ1) is 18.1. The summed E-state index contributed by atoms with van der Waals surface area (Å²) in [5, 5.41) is 17.0. The van der Waals surface area contributed by atoms with E-state index in [4.69, 9.17) is 19.7 Å². The van der Waals surface area contributed by atoms with E-state index in [0.717, 1.165) is 52.9 Å².